The maximum atomic E-state index is 11.7. The van der Waals surface area contributed by atoms with Crippen molar-refractivity contribution < 1.29 is 17.9 Å². The van der Waals surface area contributed by atoms with Gasteiger partial charge in [-0.15, -0.1) is 0 Å². The minimum atomic E-state index is -3.04. The van der Waals surface area contributed by atoms with Crippen LogP contribution in [-0.4, -0.2) is 39.1 Å². The average Bonchev–Trinajstić information content (AvgIpc) is 2.37. The molecule has 0 aliphatic rings. The van der Waals surface area contributed by atoms with Crippen molar-refractivity contribution in [2.24, 2.45) is 0 Å². The summed E-state index contributed by atoms with van der Waals surface area (Å²) >= 11 is 0. The van der Waals surface area contributed by atoms with Crippen LogP contribution < -0.4 is 15.4 Å². The largest absolute Gasteiger partial charge is 0.492 e. The Morgan fingerprint density at radius 3 is 2.71 bits per heavy atom. The molecule has 7 heteroatoms. The maximum absolute atomic E-state index is 11.7. The fourth-order valence-electron chi connectivity index (χ4n) is 1.47. The number of ether oxygens (including phenoxy) is 1. The lowest BCUT2D eigenvalue weighted by Crippen LogP contribution is -2.35. The molecule has 2 amide bonds. The molecule has 118 valence electrons. The highest BCUT2D eigenvalue weighted by molar-refractivity contribution is 7.90. The van der Waals surface area contributed by atoms with Crippen LogP contribution in [0.4, 0.5) is 10.5 Å². The quantitative estimate of drug-likeness (QED) is 0.806. The predicted octanol–water partition coefficient (Wildman–Crippen LogP) is 2.03. The van der Waals surface area contributed by atoms with Crippen molar-refractivity contribution in [2.45, 2.75) is 26.3 Å². The molecule has 0 saturated heterocycles. The fraction of sp³-hybridized carbons (Fsp3) is 0.500. The highest BCUT2D eigenvalue weighted by Crippen LogP contribution is 2.17. The van der Waals surface area contributed by atoms with Gasteiger partial charge in [-0.25, -0.2) is 13.2 Å². The number of rotatable bonds is 7. The summed E-state index contributed by atoms with van der Waals surface area (Å²) in [6.45, 7) is 3.99. The van der Waals surface area contributed by atoms with E-state index in [1.807, 2.05) is 13.8 Å². The number of urea groups is 1. The van der Waals surface area contributed by atoms with Gasteiger partial charge in [0.15, 0.2) is 9.84 Å². The second-order valence-corrected chi connectivity index (χ2v) is 7.17. The van der Waals surface area contributed by atoms with Crippen LogP contribution in [0.15, 0.2) is 24.3 Å². The van der Waals surface area contributed by atoms with Crippen molar-refractivity contribution in [3.8, 4) is 5.75 Å². The van der Waals surface area contributed by atoms with E-state index in [4.69, 9.17) is 4.74 Å². The van der Waals surface area contributed by atoms with Gasteiger partial charge in [0, 0.05) is 24.1 Å². The zero-order chi connectivity index (χ0) is 15.9. The van der Waals surface area contributed by atoms with Crippen molar-refractivity contribution in [3.05, 3.63) is 24.3 Å². The average molecular weight is 314 g/mol. The van der Waals surface area contributed by atoms with Gasteiger partial charge < -0.3 is 15.4 Å². The normalized spacial score (nSPS) is 12.5. The summed E-state index contributed by atoms with van der Waals surface area (Å²) in [7, 11) is -3.04. The van der Waals surface area contributed by atoms with Gasteiger partial charge in [0.1, 0.15) is 12.4 Å². The summed E-state index contributed by atoms with van der Waals surface area (Å²) in [6.07, 6.45) is 2.01. The summed E-state index contributed by atoms with van der Waals surface area (Å²) in [5, 5.41) is 5.50. The number of hydrogen-bond donors (Lipinski definition) is 2. The highest BCUT2D eigenvalue weighted by Gasteiger charge is 2.07. The third-order valence-electron chi connectivity index (χ3n) is 2.80. The van der Waals surface area contributed by atoms with Gasteiger partial charge in [-0.1, -0.05) is 13.0 Å². The molecule has 0 aromatic heterocycles. The number of benzene rings is 1. The van der Waals surface area contributed by atoms with Gasteiger partial charge in [0.05, 0.1) is 5.75 Å². The summed E-state index contributed by atoms with van der Waals surface area (Å²) in [5.41, 5.74) is 0.590. The van der Waals surface area contributed by atoms with Crippen LogP contribution in [0.2, 0.25) is 0 Å². The van der Waals surface area contributed by atoms with Crippen molar-refractivity contribution in [3.63, 3.8) is 0 Å². The molecule has 1 aromatic rings. The number of carbonyl (C=O) groups is 1. The molecule has 0 spiro atoms. The molecule has 0 unspecified atom stereocenters. The number of nitrogens with one attached hydrogen (secondary N) is 2. The van der Waals surface area contributed by atoms with E-state index in [1.165, 1.54) is 0 Å². The van der Waals surface area contributed by atoms with Crippen LogP contribution in [0, 0.1) is 0 Å². The number of anilines is 1. The topological polar surface area (TPSA) is 84.5 Å². The Balaban J connectivity index is 2.54. The van der Waals surface area contributed by atoms with Crippen LogP contribution >= 0.6 is 0 Å². The molecule has 0 aliphatic heterocycles. The molecule has 0 aliphatic carbocycles. The van der Waals surface area contributed by atoms with Crippen LogP contribution in [-0.2, 0) is 9.84 Å². The van der Waals surface area contributed by atoms with Gasteiger partial charge in [-0.3, -0.25) is 0 Å². The molecule has 2 N–H and O–H groups in total. The van der Waals surface area contributed by atoms with E-state index in [9.17, 15) is 13.2 Å². The van der Waals surface area contributed by atoms with Crippen LogP contribution in [0.5, 0.6) is 5.75 Å². The van der Waals surface area contributed by atoms with Crippen molar-refractivity contribution in [1.82, 2.24) is 5.32 Å². The van der Waals surface area contributed by atoms with E-state index in [1.54, 1.807) is 24.3 Å². The minimum Gasteiger partial charge on any atom is -0.492 e. The van der Waals surface area contributed by atoms with Crippen LogP contribution in [0.3, 0.4) is 0 Å². The molecule has 0 heterocycles. The second kappa shape index (κ2) is 7.87. The van der Waals surface area contributed by atoms with Gasteiger partial charge in [0.2, 0.25) is 0 Å². The summed E-state index contributed by atoms with van der Waals surface area (Å²) < 4.78 is 27.4. The highest BCUT2D eigenvalue weighted by atomic mass is 32.2. The van der Waals surface area contributed by atoms with E-state index in [0.717, 1.165) is 12.7 Å². The van der Waals surface area contributed by atoms with E-state index < -0.39 is 9.84 Å². The third kappa shape index (κ3) is 7.55. The Morgan fingerprint density at radius 1 is 1.38 bits per heavy atom. The molecule has 0 fully saturated rings. The first-order valence-corrected chi connectivity index (χ1v) is 8.84. The molecular formula is C14H22N2O4S. The molecule has 1 aromatic carbocycles. The third-order valence-corrected chi connectivity index (χ3v) is 3.71. The number of carbonyl (C=O) groups excluding carboxylic acids is 1. The minimum absolute atomic E-state index is 0.0425. The monoisotopic (exact) mass is 314 g/mol. The Kier molecular flexibility index (Phi) is 6.48. The lowest BCUT2D eigenvalue weighted by molar-refractivity contribution is 0.249. The molecule has 1 atom stereocenters. The molecule has 0 radical (unpaired) electrons. The summed E-state index contributed by atoms with van der Waals surface area (Å²) in [4.78, 5) is 11.7. The lowest BCUT2D eigenvalue weighted by atomic mass is 10.2. The smallest absolute Gasteiger partial charge is 0.319 e. The zero-order valence-corrected chi connectivity index (χ0v) is 13.4. The number of hydrogen-bond acceptors (Lipinski definition) is 4. The molecule has 1 rings (SSSR count). The van der Waals surface area contributed by atoms with Gasteiger partial charge in [-0.2, -0.15) is 0 Å². The van der Waals surface area contributed by atoms with Crippen LogP contribution in [0.1, 0.15) is 20.3 Å². The zero-order valence-electron chi connectivity index (χ0n) is 12.5. The van der Waals surface area contributed by atoms with Gasteiger partial charge in [-0.05, 0) is 25.5 Å². The van der Waals surface area contributed by atoms with E-state index in [0.29, 0.717) is 11.4 Å². The van der Waals surface area contributed by atoms with Crippen molar-refractivity contribution >= 4 is 21.6 Å². The SMILES string of the molecule is CC[C@H](C)NC(=O)Nc1cccc(OCCS(C)(=O)=O)c1. The van der Waals surface area contributed by atoms with Crippen LogP contribution in [0.25, 0.3) is 0 Å². The lowest BCUT2D eigenvalue weighted by Gasteiger charge is -2.13. The second-order valence-electron chi connectivity index (χ2n) is 4.91. The van der Waals surface area contributed by atoms with E-state index >= 15 is 0 Å². The molecule has 0 saturated carbocycles. The number of amides is 2. The Morgan fingerprint density at radius 2 is 2.10 bits per heavy atom. The Hall–Kier alpha value is -1.76. The predicted molar refractivity (Wildman–Crippen MR) is 83.6 cm³/mol. The Bertz CT molecular complexity index is 572. The van der Waals surface area contributed by atoms with Gasteiger partial charge >= 0.3 is 6.03 Å². The van der Waals surface area contributed by atoms with Crippen molar-refractivity contribution in [2.75, 3.05) is 23.9 Å². The first-order chi connectivity index (χ1) is 9.80. The molecule has 0 bridgehead atoms. The Labute approximate surface area is 125 Å². The van der Waals surface area contributed by atoms with E-state index in [2.05, 4.69) is 10.6 Å². The van der Waals surface area contributed by atoms with E-state index in [-0.39, 0.29) is 24.4 Å². The summed E-state index contributed by atoms with van der Waals surface area (Å²) in [6, 6.07) is 6.64. The van der Waals surface area contributed by atoms with Crippen molar-refractivity contribution in [1.29, 1.82) is 0 Å². The maximum Gasteiger partial charge on any atom is 0.319 e. The fourth-order valence-corrected chi connectivity index (χ4v) is 1.85. The first-order valence-electron chi connectivity index (χ1n) is 6.78. The summed E-state index contributed by atoms with van der Waals surface area (Å²) in [5.74, 6) is 0.471. The molecule has 6 nitrogen and oxygen atoms in total. The standard InChI is InChI=1S/C14H22N2O4S/c1-4-11(2)15-14(17)16-12-6-5-7-13(10-12)20-8-9-21(3,18)19/h5-7,10-11H,4,8-9H2,1-3H3,(H2,15,16,17)/t11-/m0/s1. The van der Waals surface area contributed by atoms with Gasteiger partial charge in [0.25, 0.3) is 0 Å². The molecule has 21 heavy (non-hydrogen) atoms. The first kappa shape index (κ1) is 17.3. The molecular weight excluding hydrogens is 292 g/mol. The number of sulfone groups is 1.